The number of carbonyl (C=O) groups excluding carboxylic acids is 3. The third kappa shape index (κ3) is 3.11. The zero-order valence-electron chi connectivity index (χ0n) is 15.4. The van der Waals surface area contributed by atoms with Crippen LogP contribution in [0.1, 0.15) is 35.8 Å². The fourth-order valence-electron chi connectivity index (χ4n) is 3.64. The quantitative estimate of drug-likeness (QED) is 0.479. The smallest absolute Gasteiger partial charge is 0.309 e. The molecule has 1 aromatic heterocycles. The lowest BCUT2D eigenvalue weighted by Gasteiger charge is -2.30. The Morgan fingerprint density at radius 2 is 1.81 bits per heavy atom. The molecule has 1 aliphatic heterocycles. The summed E-state index contributed by atoms with van der Waals surface area (Å²) in [5.41, 5.74) is 2.19. The summed E-state index contributed by atoms with van der Waals surface area (Å²) in [4.78, 5) is 39.1. The van der Waals surface area contributed by atoms with Crippen LogP contribution in [0.5, 0.6) is 0 Å². The van der Waals surface area contributed by atoms with Crippen LogP contribution < -0.4 is 0 Å². The fourth-order valence-corrected chi connectivity index (χ4v) is 3.64. The SMILES string of the molecule is CCOC(=O)C1CCN(C(=O)C(=O)c2c(C)n(C)c3ccccc23)CC1. The molecule has 0 N–H and O–H groups in total. The van der Waals surface area contributed by atoms with Crippen molar-refractivity contribution in [2.24, 2.45) is 13.0 Å². The number of para-hydroxylation sites is 1. The van der Waals surface area contributed by atoms with Crippen molar-refractivity contribution in [3.63, 3.8) is 0 Å². The molecule has 6 heteroatoms. The minimum atomic E-state index is -0.494. The number of amides is 1. The van der Waals surface area contributed by atoms with Crippen molar-refractivity contribution < 1.29 is 19.1 Å². The number of esters is 1. The van der Waals surface area contributed by atoms with Crippen molar-refractivity contribution in [2.45, 2.75) is 26.7 Å². The van der Waals surface area contributed by atoms with E-state index in [1.165, 1.54) is 0 Å². The number of aromatic nitrogens is 1. The Morgan fingerprint density at radius 3 is 2.46 bits per heavy atom. The predicted molar refractivity (Wildman–Crippen MR) is 97.9 cm³/mol. The highest BCUT2D eigenvalue weighted by Gasteiger charge is 2.33. The largest absolute Gasteiger partial charge is 0.466 e. The van der Waals surface area contributed by atoms with Crippen molar-refractivity contribution in [1.82, 2.24) is 9.47 Å². The van der Waals surface area contributed by atoms with Crippen molar-refractivity contribution in [3.8, 4) is 0 Å². The summed E-state index contributed by atoms with van der Waals surface area (Å²) in [5, 5.41) is 0.798. The first-order chi connectivity index (χ1) is 12.5. The Balaban J connectivity index is 1.77. The van der Waals surface area contributed by atoms with Gasteiger partial charge < -0.3 is 14.2 Å². The van der Waals surface area contributed by atoms with E-state index < -0.39 is 11.7 Å². The lowest BCUT2D eigenvalue weighted by atomic mass is 9.96. The Kier molecular flexibility index (Phi) is 5.11. The lowest BCUT2D eigenvalue weighted by molar-refractivity contribution is -0.150. The molecular weight excluding hydrogens is 332 g/mol. The molecule has 0 atom stereocenters. The molecule has 2 heterocycles. The summed E-state index contributed by atoms with van der Waals surface area (Å²) in [6.07, 6.45) is 1.07. The van der Waals surface area contributed by atoms with Crippen molar-refractivity contribution in [3.05, 3.63) is 35.5 Å². The first-order valence-corrected chi connectivity index (χ1v) is 9.00. The molecule has 26 heavy (non-hydrogen) atoms. The first-order valence-electron chi connectivity index (χ1n) is 9.00. The topological polar surface area (TPSA) is 68.6 Å². The molecule has 0 aliphatic carbocycles. The molecule has 1 amide bonds. The molecule has 0 saturated carbocycles. The van der Waals surface area contributed by atoms with Crippen molar-refractivity contribution in [1.29, 1.82) is 0 Å². The number of carbonyl (C=O) groups is 3. The number of rotatable bonds is 4. The van der Waals surface area contributed by atoms with Gasteiger partial charge in [0.15, 0.2) is 0 Å². The molecular formula is C20H24N2O4. The van der Waals surface area contributed by atoms with E-state index in [0.717, 1.165) is 16.6 Å². The highest BCUT2D eigenvalue weighted by molar-refractivity contribution is 6.45. The summed E-state index contributed by atoms with van der Waals surface area (Å²) in [6, 6.07) is 7.59. The number of piperidine rings is 1. The van der Waals surface area contributed by atoms with Gasteiger partial charge in [0.1, 0.15) is 0 Å². The van der Waals surface area contributed by atoms with Crippen LogP contribution in [0.3, 0.4) is 0 Å². The molecule has 0 unspecified atom stereocenters. The number of hydrogen-bond donors (Lipinski definition) is 0. The van der Waals surface area contributed by atoms with E-state index in [-0.39, 0.29) is 11.9 Å². The number of likely N-dealkylation sites (tertiary alicyclic amines) is 1. The highest BCUT2D eigenvalue weighted by atomic mass is 16.5. The van der Waals surface area contributed by atoms with Gasteiger partial charge in [-0.15, -0.1) is 0 Å². The summed E-state index contributed by atoms with van der Waals surface area (Å²) in [7, 11) is 1.89. The van der Waals surface area contributed by atoms with Crippen LogP contribution in [0.25, 0.3) is 10.9 Å². The number of ether oxygens (including phenoxy) is 1. The standard InChI is InChI=1S/C20H24N2O4/c1-4-26-20(25)14-9-11-22(12-10-14)19(24)18(23)17-13(2)21(3)16-8-6-5-7-15(16)17/h5-8,14H,4,9-12H2,1-3H3. The molecule has 0 spiro atoms. The van der Waals surface area contributed by atoms with Crippen LogP contribution in [-0.2, 0) is 21.4 Å². The Bertz CT molecular complexity index is 860. The second-order valence-electron chi connectivity index (χ2n) is 6.68. The van der Waals surface area contributed by atoms with E-state index >= 15 is 0 Å². The van der Waals surface area contributed by atoms with Gasteiger partial charge in [0.25, 0.3) is 11.7 Å². The maximum absolute atomic E-state index is 12.9. The zero-order valence-corrected chi connectivity index (χ0v) is 15.4. The van der Waals surface area contributed by atoms with Gasteiger partial charge in [0.2, 0.25) is 0 Å². The predicted octanol–water partition coefficient (Wildman–Crippen LogP) is 2.47. The van der Waals surface area contributed by atoms with Crippen LogP contribution in [-0.4, -0.2) is 46.8 Å². The number of fused-ring (bicyclic) bond motifs is 1. The van der Waals surface area contributed by atoms with Gasteiger partial charge in [-0.2, -0.15) is 0 Å². The van der Waals surface area contributed by atoms with E-state index in [1.807, 2.05) is 42.8 Å². The molecule has 1 aliphatic rings. The molecule has 138 valence electrons. The molecule has 6 nitrogen and oxygen atoms in total. The summed E-state index contributed by atoms with van der Waals surface area (Å²) in [5.74, 6) is -1.37. The van der Waals surface area contributed by atoms with Gasteiger partial charge in [0, 0.05) is 36.7 Å². The van der Waals surface area contributed by atoms with E-state index in [9.17, 15) is 14.4 Å². The van der Waals surface area contributed by atoms with Gasteiger partial charge in [-0.05, 0) is 32.8 Å². The summed E-state index contributed by atoms with van der Waals surface area (Å²) in [6.45, 7) is 4.79. The third-order valence-corrected chi connectivity index (χ3v) is 5.22. The van der Waals surface area contributed by atoms with Crippen molar-refractivity contribution >= 4 is 28.6 Å². The Labute approximate surface area is 152 Å². The molecule has 3 rings (SSSR count). The summed E-state index contributed by atoms with van der Waals surface area (Å²) < 4.78 is 6.98. The number of ketones is 1. The zero-order chi connectivity index (χ0) is 18.8. The van der Waals surface area contributed by atoms with E-state index in [4.69, 9.17) is 4.74 Å². The molecule has 2 aromatic rings. The minimum absolute atomic E-state index is 0.187. The Morgan fingerprint density at radius 1 is 1.15 bits per heavy atom. The highest BCUT2D eigenvalue weighted by Crippen LogP contribution is 2.26. The van der Waals surface area contributed by atoms with E-state index in [2.05, 4.69) is 0 Å². The van der Waals surface area contributed by atoms with E-state index in [0.29, 0.717) is 38.1 Å². The van der Waals surface area contributed by atoms with Crippen LogP contribution in [0.15, 0.2) is 24.3 Å². The lowest BCUT2D eigenvalue weighted by Crippen LogP contribution is -2.43. The average molecular weight is 356 g/mol. The number of hydrogen-bond acceptors (Lipinski definition) is 4. The second-order valence-corrected chi connectivity index (χ2v) is 6.68. The molecule has 1 fully saturated rings. The van der Waals surface area contributed by atoms with Crippen LogP contribution in [0, 0.1) is 12.8 Å². The normalized spacial score (nSPS) is 15.3. The number of nitrogens with zero attached hydrogens (tertiary/aromatic N) is 2. The molecule has 1 aromatic carbocycles. The minimum Gasteiger partial charge on any atom is -0.466 e. The maximum atomic E-state index is 12.9. The maximum Gasteiger partial charge on any atom is 0.309 e. The van der Waals surface area contributed by atoms with E-state index in [1.54, 1.807) is 11.8 Å². The van der Waals surface area contributed by atoms with Crippen LogP contribution in [0.2, 0.25) is 0 Å². The third-order valence-electron chi connectivity index (χ3n) is 5.22. The molecule has 0 radical (unpaired) electrons. The number of benzene rings is 1. The monoisotopic (exact) mass is 356 g/mol. The molecule has 0 bridgehead atoms. The number of aryl methyl sites for hydroxylation is 1. The summed E-state index contributed by atoms with van der Waals surface area (Å²) >= 11 is 0. The van der Waals surface area contributed by atoms with Gasteiger partial charge in [-0.1, -0.05) is 18.2 Å². The number of Topliss-reactive ketones (excluding diaryl/α,β-unsaturated/α-hetero) is 1. The van der Waals surface area contributed by atoms with Crippen LogP contribution >= 0.6 is 0 Å². The van der Waals surface area contributed by atoms with Gasteiger partial charge >= 0.3 is 5.97 Å². The second kappa shape index (κ2) is 7.32. The Hall–Kier alpha value is -2.63. The van der Waals surface area contributed by atoms with Gasteiger partial charge in [0.05, 0.1) is 18.1 Å². The van der Waals surface area contributed by atoms with Crippen molar-refractivity contribution in [2.75, 3.05) is 19.7 Å². The fraction of sp³-hybridized carbons (Fsp3) is 0.450. The van der Waals surface area contributed by atoms with Crippen LogP contribution in [0.4, 0.5) is 0 Å². The van der Waals surface area contributed by atoms with Gasteiger partial charge in [-0.3, -0.25) is 14.4 Å². The molecule has 1 saturated heterocycles. The first kappa shape index (κ1) is 18.2. The van der Waals surface area contributed by atoms with Gasteiger partial charge in [-0.25, -0.2) is 0 Å². The average Bonchev–Trinajstić information content (AvgIpc) is 2.92.